The van der Waals surface area contributed by atoms with Gasteiger partial charge in [0.2, 0.25) is 11.8 Å². The third kappa shape index (κ3) is 9.29. The van der Waals surface area contributed by atoms with E-state index in [0.717, 1.165) is 21.8 Å². The maximum Gasteiger partial charge on any atom is 0.243 e. The highest BCUT2D eigenvalue weighted by atomic mass is 32.2. The van der Waals surface area contributed by atoms with Gasteiger partial charge in [0, 0.05) is 36.6 Å². The molecule has 2 amide bonds. The number of carbonyl (C=O) groups excluding carboxylic acids is 2. The monoisotopic (exact) mass is 518 g/mol. The summed E-state index contributed by atoms with van der Waals surface area (Å²) in [5.41, 5.74) is 3.15. The van der Waals surface area contributed by atoms with E-state index in [0.29, 0.717) is 37.6 Å². The molecule has 0 aliphatic heterocycles. The third-order valence-corrected chi connectivity index (χ3v) is 7.06. The zero-order valence-electron chi connectivity index (χ0n) is 22.3. The van der Waals surface area contributed by atoms with Crippen LogP contribution in [0.3, 0.4) is 0 Å². The van der Waals surface area contributed by atoms with Crippen LogP contribution in [0.25, 0.3) is 0 Å². The number of benzene rings is 3. The van der Waals surface area contributed by atoms with Gasteiger partial charge in [-0.2, -0.15) is 0 Å². The highest BCUT2D eigenvalue weighted by molar-refractivity contribution is 7.99. The summed E-state index contributed by atoms with van der Waals surface area (Å²) in [5, 5.41) is 3.07. The first kappa shape index (κ1) is 28.3. The number of nitrogens with one attached hydrogen (secondary N) is 1. The van der Waals surface area contributed by atoms with Crippen molar-refractivity contribution in [2.24, 2.45) is 5.92 Å². The van der Waals surface area contributed by atoms with Gasteiger partial charge in [-0.15, -0.1) is 11.8 Å². The van der Waals surface area contributed by atoms with Crippen LogP contribution < -0.4 is 10.1 Å². The van der Waals surface area contributed by atoms with Crippen molar-refractivity contribution in [1.29, 1.82) is 0 Å². The summed E-state index contributed by atoms with van der Waals surface area (Å²) in [6.45, 7) is 7.08. The molecule has 0 radical (unpaired) electrons. The summed E-state index contributed by atoms with van der Waals surface area (Å²) in [4.78, 5) is 30.1. The molecule has 3 aromatic carbocycles. The van der Waals surface area contributed by atoms with E-state index in [4.69, 9.17) is 4.74 Å². The number of ether oxygens (including phenoxy) is 1. The Hall–Kier alpha value is -3.25. The van der Waals surface area contributed by atoms with E-state index in [-0.39, 0.29) is 11.8 Å². The minimum atomic E-state index is -0.621. The van der Waals surface area contributed by atoms with Gasteiger partial charge in [0.05, 0.1) is 7.11 Å². The molecular formula is C31H38N2O3S. The fourth-order valence-corrected chi connectivity index (χ4v) is 4.82. The molecule has 1 atom stereocenters. The van der Waals surface area contributed by atoms with Crippen molar-refractivity contribution in [1.82, 2.24) is 10.2 Å². The minimum absolute atomic E-state index is 0.0388. The van der Waals surface area contributed by atoms with Crippen molar-refractivity contribution in [2.45, 2.75) is 51.1 Å². The quantitative estimate of drug-likeness (QED) is 0.286. The van der Waals surface area contributed by atoms with Crippen molar-refractivity contribution in [3.8, 4) is 5.75 Å². The van der Waals surface area contributed by atoms with Crippen molar-refractivity contribution in [3.05, 3.63) is 95.6 Å². The van der Waals surface area contributed by atoms with Gasteiger partial charge in [-0.05, 0) is 48.2 Å². The van der Waals surface area contributed by atoms with Gasteiger partial charge in [0.15, 0.2) is 0 Å². The molecule has 3 aromatic rings. The van der Waals surface area contributed by atoms with Gasteiger partial charge in [-0.1, -0.05) is 74.0 Å². The molecule has 1 N–H and O–H groups in total. The molecule has 0 bridgehead atoms. The van der Waals surface area contributed by atoms with E-state index >= 15 is 0 Å². The van der Waals surface area contributed by atoms with Gasteiger partial charge in [-0.25, -0.2) is 0 Å². The first-order valence-corrected chi connectivity index (χ1v) is 13.8. The van der Waals surface area contributed by atoms with E-state index in [1.54, 1.807) is 23.8 Å². The summed E-state index contributed by atoms with van der Waals surface area (Å²) in [6.07, 6.45) is 0.789. The average Bonchev–Trinajstić information content (AvgIpc) is 2.91. The predicted molar refractivity (Wildman–Crippen MR) is 152 cm³/mol. The van der Waals surface area contributed by atoms with Crippen molar-refractivity contribution < 1.29 is 14.3 Å². The van der Waals surface area contributed by atoms with Crippen LogP contribution in [0.1, 0.15) is 37.0 Å². The second kappa shape index (κ2) is 14.5. The lowest BCUT2D eigenvalue weighted by Crippen LogP contribution is -2.51. The lowest BCUT2D eigenvalue weighted by Gasteiger charge is -2.32. The van der Waals surface area contributed by atoms with Crippen LogP contribution >= 0.6 is 11.8 Å². The van der Waals surface area contributed by atoms with Crippen LogP contribution in [0.2, 0.25) is 0 Å². The summed E-state index contributed by atoms with van der Waals surface area (Å²) in [7, 11) is 1.63. The Morgan fingerprint density at radius 2 is 1.65 bits per heavy atom. The molecule has 1 unspecified atom stereocenters. The highest BCUT2D eigenvalue weighted by Crippen LogP contribution is 2.22. The Bertz CT molecular complexity index is 1130. The molecule has 0 saturated carbocycles. The number of nitrogens with zero attached hydrogens (tertiary/aromatic N) is 1. The molecule has 0 spiro atoms. The number of aryl methyl sites for hydroxylation is 1. The number of methoxy groups -OCH3 is 1. The molecule has 0 heterocycles. The SMILES string of the molecule is COc1cccc(CN(C(=O)CCSc2ccc(C)cc2)C(Cc2ccccc2)C(=O)NCC(C)C)c1. The normalized spacial score (nSPS) is 11.7. The minimum Gasteiger partial charge on any atom is -0.497 e. The van der Waals surface area contributed by atoms with Gasteiger partial charge < -0.3 is 15.0 Å². The number of hydrogen-bond donors (Lipinski definition) is 1. The number of amides is 2. The van der Waals surface area contributed by atoms with Crippen LogP contribution in [0, 0.1) is 12.8 Å². The predicted octanol–water partition coefficient (Wildman–Crippen LogP) is 5.90. The van der Waals surface area contributed by atoms with Crippen molar-refractivity contribution >= 4 is 23.6 Å². The van der Waals surface area contributed by atoms with Crippen LogP contribution in [0.5, 0.6) is 5.75 Å². The fourth-order valence-electron chi connectivity index (χ4n) is 3.98. The Labute approximate surface area is 225 Å². The van der Waals surface area contributed by atoms with Crippen LogP contribution in [-0.2, 0) is 22.6 Å². The summed E-state index contributed by atoms with van der Waals surface area (Å²) >= 11 is 1.66. The lowest BCUT2D eigenvalue weighted by atomic mass is 10.0. The second-order valence-electron chi connectivity index (χ2n) is 9.63. The maximum atomic E-state index is 13.7. The van der Waals surface area contributed by atoms with Gasteiger partial charge in [0.25, 0.3) is 0 Å². The summed E-state index contributed by atoms with van der Waals surface area (Å²) < 4.78 is 5.40. The highest BCUT2D eigenvalue weighted by Gasteiger charge is 2.30. The molecule has 0 fully saturated rings. The zero-order chi connectivity index (χ0) is 26.6. The Kier molecular flexibility index (Phi) is 11.1. The molecular weight excluding hydrogens is 480 g/mol. The molecule has 0 aliphatic rings. The second-order valence-corrected chi connectivity index (χ2v) is 10.8. The molecule has 196 valence electrons. The smallest absolute Gasteiger partial charge is 0.243 e. The molecule has 0 saturated heterocycles. The van der Waals surface area contributed by atoms with E-state index < -0.39 is 6.04 Å². The first-order chi connectivity index (χ1) is 17.9. The molecule has 5 nitrogen and oxygen atoms in total. The largest absolute Gasteiger partial charge is 0.497 e. The molecule has 6 heteroatoms. The van der Waals surface area contributed by atoms with E-state index in [1.807, 2.05) is 54.6 Å². The van der Waals surface area contributed by atoms with E-state index in [1.165, 1.54) is 5.56 Å². The molecule has 0 aromatic heterocycles. The van der Waals surface area contributed by atoms with Crippen LogP contribution in [0.15, 0.2) is 83.8 Å². The summed E-state index contributed by atoms with van der Waals surface area (Å²) in [5.74, 6) is 1.52. The molecule has 3 rings (SSSR count). The van der Waals surface area contributed by atoms with E-state index in [9.17, 15) is 9.59 Å². The molecule has 0 aliphatic carbocycles. The standard InChI is InChI=1S/C31H38N2O3S/c1-23(2)21-32-31(35)29(20-25-9-6-5-7-10-25)33(22-26-11-8-12-27(19-26)36-4)30(34)17-18-37-28-15-13-24(3)14-16-28/h5-16,19,23,29H,17-18,20-22H2,1-4H3,(H,32,35). The van der Waals surface area contributed by atoms with Gasteiger partial charge in [-0.3, -0.25) is 9.59 Å². The zero-order valence-corrected chi connectivity index (χ0v) is 23.1. The third-order valence-electron chi connectivity index (χ3n) is 6.05. The number of rotatable bonds is 13. The Morgan fingerprint density at radius 3 is 2.32 bits per heavy atom. The average molecular weight is 519 g/mol. The first-order valence-electron chi connectivity index (χ1n) is 12.8. The maximum absolute atomic E-state index is 13.7. The lowest BCUT2D eigenvalue weighted by molar-refractivity contribution is -0.141. The van der Waals surface area contributed by atoms with Crippen LogP contribution in [0.4, 0.5) is 0 Å². The fraction of sp³-hybridized carbons (Fsp3) is 0.355. The number of thioether (sulfide) groups is 1. The van der Waals surface area contributed by atoms with Crippen molar-refractivity contribution in [2.75, 3.05) is 19.4 Å². The van der Waals surface area contributed by atoms with E-state index in [2.05, 4.69) is 50.4 Å². The van der Waals surface area contributed by atoms with Crippen molar-refractivity contribution in [3.63, 3.8) is 0 Å². The summed E-state index contributed by atoms with van der Waals surface area (Å²) in [6, 6.07) is 25.3. The Morgan fingerprint density at radius 1 is 0.946 bits per heavy atom. The molecule has 37 heavy (non-hydrogen) atoms. The van der Waals surface area contributed by atoms with Gasteiger partial charge >= 0.3 is 0 Å². The number of hydrogen-bond acceptors (Lipinski definition) is 4. The number of carbonyl (C=O) groups is 2. The Balaban J connectivity index is 1.85. The van der Waals surface area contributed by atoms with Crippen LogP contribution in [-0.4, -0.2) is 42.2 Å². The topological polar surface area (TPSA) is 58.6 Å². The van der Waals surface area contributed by atoms with Gasteiger partial charge in [0.1, 0.15) is 11.8 Å².